The second kappa shape index (κ2) is 6.26. The summed E-state index contributed by atoms with van der Waals surface area (Å²) in [6.45, 7) is 11.3. The Morgan fingerprint density at radius 3 is 2.89 bits per heavy atom. The van der Waals surface area contributed by atoms with E-state index < -0.39 is 13.9 Å². The Kier molecular flexibility index (Phi) is 4.33. The summed E-state index contributed by atoms with van der Waals surface area (Å²) in [4.78, 5) is 23.0. The first kappa shape index (κ1) is 19.3. The van der Waals surface area contributed by atoms with Gasteiger partial charge in [0.05, 0.1) is 12.4 Å². The first-order chi connectivity index (χ1) is 13.0. The highest BCUT2D eigenvalue weighted by molar-refractivity contribution is 6.74. The molecule has 0 bridgehead atoms. The molecule has 1 saturated carbocycles. The van der Waals surface area contributed by atoms with Crippen molar-refractivity contribution in [1.29, 1.82) is 0 Å². The van der Waals surface area contributed by atoms with Crippen molar-refractivity contribution >= 4 is 25.4 Å². The van der Waals surface area contributed by atoms with E-state index in [0.717, 1.165) is 19.3 Å². The number of nitrogens with zero attached hydrogens (tertiary/aromatic N) is 3. The van der Waals surface area contributed by atoms with E-state index in [0.29, 0.717) is 5.65 Å². The van der Waals surface area contributed by atoms with Crippen molar-refractivity contribution in [3.63, 3.8) is 0 Å². The molecule has 2 aromatic heterocycles. The fourth-order valence-electron chi connectivity index (χ4n) is 3.81. The average Bonchev–Trinajstić information content (AvgIpc) is 3.26. The Morgan fingerprint density at radius 2 is 2.18 bits per heavy atom. The van der Waals surface area contributed by atoms with Crippen LogP contribution in [-0.4, -0.2) is 39.5 Å². The highest BCUT2D eigenvalue weighted by Gasteiger charge is 2.51. The quantitative estimate of drug-likeness (QED) is 0.602. The van der Waals surface area contributed by atoms with Crippen LogP contribution in [0.5, 0.6) is 0 Å². The molecule has 1 spiro atoms. The van der Waals surface area contributed by atoms with E-state index in [-0.39, 0.29) is 34.4 Å². The van der Waals surface area contributed by atoms with Crippen LogP contribution in [0.1, 0.15) is 46.3 Å². The van der Waals surface area contributed by atoms with Crippen molar-refractivity contribution in [3.8, 4) is 0 Å². The van der Waals surface area contributed by atoms with Gasteiger partial charge in [-0.2, -0.15) is 4.98 Å². The number of nitrogens with one attached hydrogen (secondary N) is 1. The number of imidazole rings is 1. The van der Waals surface area contributed by atoms with E-state index in [1.54, 1.807) is 10.9 Å². The zero-order chi connectivity index (χ0) is 20.3. The molecule has 0 amide bonds. The molecule has 0 radical (unpaired) electrons. The standard InChI is InChI=1S/C19H29N5O3Si/c1-18(2,3)28(4,5)27-12-7-6-9-19(12)10-8-13(26-19)24-11-21-14-15(24)22-17(20)23-16(14)25/h8,10-13H,6-7,9H2,1-5H3,(H3,20,22,23,25)/t12-,13-,19+/m1/s1. The smallest absolute Gasteiger partial charge is 0.280 e. The highest BCUT2D eigenvalue weighted by atomic mass is 28.4. The van der Waals surface area contributed by atoms with Gasteiger partial charge in [0.1, 0.15) is 5.60 Å². The number of nitrogen functional groups attached to an aromatic ring is 1. The first-order valence-corrected chi connectivity index (χ1v) is 12.7. The van der Waals surface area contributed by atoms with E-state index in [1.165, 1.54) is 0 Å². The van der Waals surface area contributed by atoms with Crippen LogP contribution >= 0.6 is 0 Å². The molecule has 9 heteroatoms. The monoisotopic (exact) mass is 403 g/mol. The fourth-order valence-corrected chi connectivity index (χ4v) is 5.20. The lowest BCUT2D eigenvalue weighted by molar-refractivity contribution is -0.0995. The minimum Gasteiger partial charge on any atom is -0.411 e. The molecule has 4 rings (SSSR count). The molecular formula is C19H29N5O3Si. The van der Waals surface area contributed by atoms with Crippen molar-refractivity contribution in [3.05, 3.63) is 28.8 Å². The third-order valence-corrected chi connectivity index (χ3v) is 10.9. The second-order valence-electron chi connectivity index (χ2n) is 9.36. The molecule has 8 nitrogen and oxygen atoms in total. The van der Waals surface area contributed by atoms with E-state index in [4.69, 9.17) is 14.9 Å². The number of aromatic nitrogens is 4. The molecule has 1 aliphatic carbocycles. The zero-order valence-electron chi connectivity index (χ0n) is 17.2. The molecule has 3 atom stereocenters. The molecule has 0 saturated heterocycles. The summed E-state index contributed by atoms with van der Waals surface area (Å²) in [6, 6.07) is 0. The molecule has 3 N–H and O–H groups in total. The lowest BCUT2D eigenvalue weighted by atomic mass is 10.0. The van der Waals surface area contributed by atoms with Gasteiger partial charge in [-0.3, -0.25) is 14.3 Å². The maximum atomic E-state index is 12.1. The van der Waals surface area contributed by atoms with Crippen molar-refractivity contribution in [2.45, 2.75) is 76.1 Å². The number of hydrogen-bond acceptors (Lipinski definition) is 6. The Balaban J connectivity index is 1.62. The largest absolute Gasteiger partial charge is 0.411 e. The number of rotatable bonds is 3. The van der Waals surface area contributed by atoms with Crippen LogP contribution in [0.15, 0.2) is 23.3 Å². The van der Waals surface area contributed by atoms with Gasteiger partial charge in [0.15, 0.2) is 25.7 Å². The normalized spacial score (nSPS) is 28.0. The number of H-pyrrole nitrogens is 1. The van der Waals surface area contributed by atoms with E-state index in [1.807, 2.05) is 6.08 Å². The number of nitrogens with two attached hydrogens (primary N) is 1. The van der Waals surface area contributed by atoms with Crippen LogP contribution in [0.3, 0.4) is 0 Å². The maximum absolute atomic E-state index is 12.1. The van der Waals surface area contributed by atoms with Gasteiger partial charge < -0.3 is 14.9 Å². The summed E-state index contributed by atoms with van der Waals surface area (Å²) in [5, 5.41) is 0.140. The minimum atomic E-state index is -1.92. The van der Waals surface area contributed by atoms with Crippen LogP contribution in [0.25, 0.3) is 11.2 Å². The number of hydrogen-bond donors (Lipinski definition) is 2. The highest BCUT2D eigenvalue weighted by Crippen LogP contribution is 2.47. The summed E-state index contributed by atoms with van der Waals surface area (Å²) in [5.41, 5.74) is 5.61. The topological polar surface area (TPSA) is 108 Å². The van der Waals surface area contributed by atoms with Crippen molar-refractivity contribution in [1.82, 2.24) is 19.5 Å². The van der Waals surface area contributed by atoms with Crippen LogP contribution < -0.4 is 11.3 Å². The van der Waals surface area contributed by atoms with E-state index in [9.17, 15) is 4.79 Å². The zero-order valence-corrected chi connectivity index (χ0v) is 18.2. The Labute approximate surface area is 165 Å². The van der Waals surface area contributed by atoms with Gasteiger partial charge in [-0.1, -0.05) is 20.8 Å². The predicted octanol–water partition coefficient (Wildman–Crippen LogP) is 3.10. The van der Waals surface area contributed by atoms with Gasteiger partial charge in [0, 0.05) is 0 Å². The van der Waals surface area contributed by atoms with Gasteiger partial charge in [0.25, 0.3) is 5.56 Å². The molecule has 0 unspecified atom stereocenters. The van der Waals surface area contributed by atoms with E-state index in [2.05, 4.69) is 54.9 Å². The molecule has 3 heterocycles. The third-order valence-electron chi connectivity index (χ3n) is 6.43. The lowest BCUT2D eigenvalue weighted by Crippen LogP contribution is -2.49. The van der Waals surface area contributed by atoms with Gasteiger partial charge in [-0.15, -0.1) is 0 Å². The molecule has 0 aromatic carbocycles. The van der Waals surface area contributed by atoms with E-state index >= 15 is 0 Å². The predicted molar refractivity (Wildman–Crippen MR) is 110 cm³/mol. The van der Waals surface area contributed by atoms with Crippen LogP contribution in [0.2, 0.25) is 18.1 Å². The second-order valence-corrected chi connectivity index (χ2v) is 14.1. The molecule has 2 aromatic rings. The molecular weight excluding hydrogens is 374 g/mol. The third kappa shape index (κ3) is 3.01. The number of anilines is 1. The van der Waals surface area contributed by atoms with Crippen molar-refractivity contribution < 1.29 is 9.16 Å². The molecule has 1 aliphatic heterocycles. The minimum absolute atomic E-state index is 0.0332. The van der Waals surface area contributed by atoms with Crippen molar-refractivity contribution in [2.75, 3.05) is 5.73 Å². The first-order valence-electron chi connectivity index (χ1n) is 9.80. The summed E-state index contributed by atoms with van der Waals surface area (Å²) >= 11 is 0. The van der Waals surface area contributed by atoms with Gasteiger partial charge in [-0.05, 0) is 49.5 Å². The number of ether oxygens (including phenoxy) is 1. The molecule has 2 aliphatic rings. The molecule has 152 valence electrons. The number of aromatic amines is 1. The van der Waals surface area contributed by atoms with Crippen LogP contribution in [0.4, 0.5) is 5.95 Å². The molecule has 1 fully saturated rings. The van der Waals surface area contributed by atoms with Gasteiger partial charge in [0.2, 0.25) is 5.95 Å². The Morgan fingerprint density at radius 1 is 1.43 bits per heavy atom. The molecule has 28 heavy (non-hydrogen) atoms. The van der Waals surface area contributed by atoms with Crippen molar-refractivity contribution in [2.24, 2.45) is 0 Å². The Hall–Kier alpha value is -1.97. The summed E-state index contributed by atoms with van der Waals surface area (Å²) in [5.74, 6) is 0.0657. The van der Waals surface area contributed by atoms with Crippen LogP contribution in [0, 0.1) is 0 Å². The fraction of sp³-hybridized carbons (Fsp3) is 0.632. The summed E-state index contributed by atoms with van der Waals surface area (Å²) in [6.07, 6.45) is 8.33. The number of fused-ring (bicyclic) bond motifs is 1. The maximum Gasteiger partial charge on any atom is 0.280 e. The lowest BCUT2D eigenvalue weighted by Gasteiger charge is -2.42. The van der Waals surface area contributed by atoms with Gasteiger partial charge in [-0.25, -0.2) is 4.98 Å². The SMILES string of the molecule is CC(C)(C)[Si](C)(C)O[C@@H]1CCC[C@]12C=C[C@H](n1cnc3c(=O)[nH]c(N)nc31)O2. The van der Waals surface area contributed by atoms with Crippen LogP contribution in [-0.2, 0) is 9.16 Å². The average molecular weight is 404 g/mol. The summed E-state index contributed by atoms with van der Waals surface area (Å²) in [7, 11) is -1.92. The van der Waals surface area contributed by atoms with Gasteiger partial charge >= 0.3 is 0 Å². The Bertz CT molecular complexity index is 990. The summed E-state index contributed by atoms with van der Waals surface area (Å²) < 4.78 is 15.0.